The third kappa shape index (κ3) is 5.67. The molecule has 0 unspecified atom stereocenters. The van der Waals surface area contributed by atoms with Crippen molar-refractivity contribution < 1.29 is 17.9 Å². The highest BCUT2D eigenvalue weighted by atomic mass is 32.2. The lowest BCUT2D eigenvalue weighted by molar-refractivity contribution is -0.147. The minimum atomic E-state index is -3.93. The molecule has 0 saturated heterocycles. The molecular weight excluding hydrogens is 266 g/mol. The molecule has 0 radical (unpaired) electrons. The van der Waals surface area contributed by atoms with Crippen molar-refractivity contribution in [3.63, 3.8) is 0 Å². The molecule has 0 atom stereocenters. The Hall–Kier alpha value is -1.66. The number of hydrogen-bond acceptors (Lipinski definition) is 4. The largest absolute Gasteiger partial charge is 0.456 e. The molecule has 1 rings (SSSR count). The highest BCUT2D eigenvalue weighted by molar-refractivity contribution is 7.92. The molecule has 2 N–H and O–H groups in total. The van der Waals surface area contributed by atoms with E-state index in [1.54, 1.807) is 51.1 Å². The summed E-state index contributed by atoms with van der Waals surface area (Å²) in [5, 5.41) is 5.68. The Morgan fingerprint density at radius 1 is 1.21 bits per heavy atom. The molecule has 0 aliphatic heterocycles. The summed E-state index contributed by atoms with van der Waals surface area (Å²) in [6.07, 6.45) is 0. The van der Waals surface area contributed by atoms with Crippen molar-refractivity contribution in [2.45, 2.75) is 26.4 Å². The van der Waals surface area contributed by atoms with E-state index in [-0.39, 0.29) is 5.57 Å². The maximum absolute atomic E-state index is 12.0. The first-order valence-electron chi connectivity index (χ1n) is 5.62. The van der Waals surface area contributed by atoms with E-state index in [1.165, 1.54) is 0 Å². The molecule has 0 spiro atoms. The van der Waals surface area contributed by atoms with Crippen molar-refractivity contribution in [3.05, 3.63) is 41.3 Å². The van der Waals surface area contributed by atoms with Crippen molar-refractivity contribution in [3.8, 4) is 0 Å². The first kappa shape index (κ1) is 15.4. The number of esters is 1. The van der Waals surface area contributed by atoms with Crippen LogP contribution < -0.4 is 5.14 Å². The van der Waals surface area contributed by atoms with Gasteiger partial charge in [-0.2, -0.15) is 0 Å². The van der Waals surface area contributed by atoms with Gasteiger partial charge in [-0.05, 0) is 26.3 Å². The summed E-state index contributed by atoms with van der Waals surface area (Å²) >= 11 is 0. The number of hydrogen-bond donors (Lipinski definition) is 1. The van der Waals surface area contributed by atoms with E-state index in [0.29, 0.717) is 5.56 Å². The smallest absolute Gasteiger partial charge is 0.340 e. The van der Waals surface area contributed by atoms with Gasteiger partial charge in [-0.15, -0.1) is 0 Å². The molecule has 1 aromatic rings. The summed E-state index contributed by atoms with van der Waals surface area (Å²) in [7, 11) is -3.93. The molecule has 1 aromatic carbocycles. The SMILES string of the molecule is CC(C)(C)OC(=O)C(=CS(N)(=O)=O)c1ccccc1. The summed E-state index contributed by atoms with van der Waals surface area (Å²) < 4.78 is 27.5. The molecule has 0 aromatic heterocycles. The summed E-state index contributed by atoms with van der Waals surface area (Å²) in [6.45, 7) is 5.10. The molecule has 0 fully saturated rings. The van der Waals surface area contributed by atoms with Crippen LogP contribution in [0.4, 0.5) is 0 Å². The maximum Gasteiger partial charge on any atom is 0.340 e. The maximum atomic E-state index is 12.0. The molecular formula is C13H17NO4S. The van der Waals surface area contributed by atoms with E-state index < -0.39 is 21.6 Å². The second kappa shape index (κ2) is 5.54. The van der Waals surface area contributed by atoms with Crippen LogP contribution in [-0.2, 0) is 19.6 Å². The molecule has 0 saturated carbocycles. The van der Waals surface area contributed by atoms with Crippen molar-refractivity contribution in [2.24, 2.45) is 5.14 Å². The fraction of sp³-hybridized carbons (Fsp3) is 0.308. The second-order valence-corrected chi connectivity index (χ2v) is 6.40. The Bertz CT molecular complexity index is 583. The number of rotatable bonds is 3. The van der Waals surface area contributed by atoms with Crippen molar-refractivity contribution in [1.82, 2.24) is 0 Å². The normalized spacial score (nSPS) is 13.2. The number of carbonyl (C=O) groups excluding carboxylic acids is 1. The van der Waals surface area contributed by atoms with Crippen molar-refractivity contribution in [1.29, 1.82) is 0 Å². The van der Waals surface area contributed by atoms with Gasteiger partial charge in [0.05, 0.1) is 11.0 Å². The number of benzene rings is 1. The number of nitrogens with two attached hydrogens (primary N) is 1. The predicted molar refractivity (Wildman–Crippen MR) is 73.4 cm³/mol. The molecule has 0 amide bonds. The van der Waals surface area contributed by atoms with Crippen LogP contribution in [0.2, 0.25) is 0 Å². The molecule has 19 heavy (non-hydrogen) atoms. The number of ether oxygens (including phenoxy) is 1. The van der Waals surface area contributed by atoms with Crippen LogP contribution in [0.5, 0.6) is 0 Å². The monoisotopic (exact) mass is 283 g/mol. The van der Waals surface area contributed by atoms with Crippen LogP contribution in [0.1, 0.15) is 26.3 Å². The lowest BCUT2D eigenvalue weighted by atomic mass is 10.1. The van der Waals surface area contributed by atoms with Crippen LogP contribution in [0, 0.1) is 0 Å². The van der Waals surface area contributed by atoms with E-state index >= 15 is 0 Å². The Morgan fingerprint density at radius 3 is 2.16 bits per heavy atom. The Morgan fingerprint density at radius 2 is 1.74 bits per heavy atom. The van der Waals surface area contributed by atoms with Gasteiger partial charge in [0.15, 0.2) is 0 Å². The number of primary sulfonamides is 1. The van der Waals surface area contributed by atoms with Gasteiger partial charge in [-0.3, -0.25) is 0 Å². The molecule has 104 valence electrons. The fourth-order valence-electron chi connectivity index (χ4n) is 1.35. The first-order chi connectivity index (χ1) is 8.58. The van der Waals surface area contributed by atoms with Gasteiger partial charge in [0, 0.05) is 0 Å². The molecule has 0 aliphatic carbocycles. The highest BCUT2D eigenvalue weighted by Crippen LogP contribution is 2.20. The second-order valence-electron chi connectivity index (χ2n) is 4.99. The molecule has 0 heterocycles. The van der Waals surface area contributed by atoms with Gasteiger partial charge in [0.2, 0.25) is 10.0 Å². The minimum absolute atomic E-state index is 0.0852. The fourth-order valence-corrected chi connectivity index (χ4v) is 1.91. The van der Waals surface area contributed by atoms with Crippen molar-refractivity contribution in [2.75, 3.05) is 0 Å². The van der Waals surface area contributed by atoms with Crippen molar-refractivity contribution >= 4 is 21.6 Å². The van der Waals surface area contributed by atoms with Gasteiger partial charge in [0.25, 0.3) is 0 Å². The summed E-state index contributed by atoms with van der Waals surface area (Å²) in [5.41, 5.74) is -0.368. The quantitative estimate of drug-likeness (QED) is 0.675. The van der Waals surface area contributed by atoms with E-state index in [2.05, 4.69) is 0 Å². The molecule has 5 nitrogen and oxygen atoms in total. The van der Waals surface area contributed by atoms with Gasteiger partial charge in [-0.25, -0.2) is 18.4 Å². The standard InChI is InChI=1S/C13H17NO4S/c1-13(2,3)18-12(15)11(9-19(14,16)17)10-7-5-4-6-8-10/h4-9H,1-3H3,(H2,14,16,17). The third-order valence-corrected chi connectivity index (χ3v) is 2.55. The average molecular weight is 283 g/mol. The summed E-state index contributed by atoms with van der Waals surface area (Å²) in [4.78, 5) is 12.0. The Labute approximate surface area is 113 Å². The van der Waals surface area contributed by atoms with Gasteiger partial charge in [-0.1, -0.05) is 30.3 Å². The lowest BCUT2D eigenvalue weighted by Crippen LogP contribution is -2.25. The highest BCUT2D eigenvalue weighted by Gasteiger charge is 2.22. The van der Waals surface area contributed by atoms with Crippen LogP contribution in [0.25, 0.3) is 5.57 Å². The average Bonchev–Trinajstić information content (AvgIpc) is 2.23. The van der Waals surface area contributed by atoms with E-state index in [0.717, 1.165) is 5.41 Å². The van der Waals surface area contributed by atoms with Crippen LogP contribution >= 0.6 is 0 Å². The topological polar surface area (TPSA) is 86.5 Å². The van der Waals surface area contributed by atoms with E-state index in [9.17, 15) is 13.2 Å². The van der Waals surface area contributed by atoms with E-state index in [4.69, 9.17) is 9.88 Å². The Balaban J connectivity index is 3.23. The summed E-state index contributed by atoms with van der Waals surface area (Å²) in [5.74, 6) is -0.729. The zero-order valence-electron chi connectivity index (χ0n) is 11.1. The lowest BCUT2D eigenvalue weighted by Gasteiger charge is -2.20. The molecule has 0 aliphatic rings. The van der Waals surface area contributed by atoms with E-state index in [1.807, 2.05) is 0 Å². The van der Waals surface area contributed by atoms with Gasteiger partial charge < -0.3 is 4.74 Å². The Kier molecular flexibility index (Phi) is 4.49. The van der Waals surface area contributed by atoms with Crippen LogP contribution in [0.3, 0.4) is 0 Å². The predicted octanol–water partition coefficient (Wildman–Crippen LogP) is 1.66. The molecule has 0 bridgehead atoms. The first-order valence-corrected chi connectivity index (χ1v) is 7.23. The minimum Gasteiger partial charge on any atom is -0.456 e. The van der Waals surface area contributed by atoms with Crippen LogP contribution in [-0.4, -0.2) is 20.0 Å². The van der Waals surface area contributed by atoms with Crippen LogP contribution in [0.15, 0.2) is 35.7 Å². The number of sulfonamides is 1. The zero-order chi connectivity index (χ0) is 14.7. The third-order valence-electron chi connectivity index (χ3n) is 1.99. The van der Waals surface area contributed by atoms with Gasteiger partial charge in [0.1, 0.15) is 5.60 Å². The van der Waals surface area contributed by atoms with Gasteiger partial charge >= 0.3 is 5.97 Å². The zero-order valence-corrected chi connectivity index (χ0v) is 11.9. The molecule has 6 heteroatoms. The number of carbonyl (C=O) groups is 1. The summed E-state index contributed by atoms with van der Waals surface area (Å²) in [6, 6.07) is 8.36.